The first-order chi connectivity index (χ1) is 19.3. The zero-order chi connectivity index (χ0) is 28.4. The van der Waals surface area contributed by atoms with Gasteiger partial charge in [-0.2, -0.15) is 0 Å². The molecule has 0 spiro atoms. The number of hydrogen-bond acceptors (Lipinski definition) is 7. The molecule has 5 rings (SSSR count). The minimum Gasteiger partial charge on any atom is -0.508 e. The zero-order valence-electron chi connectivity index (χ0n) is 22.9. The SMILES string of the molecule is COc1ccc(NC(=O)C2=C(C)NC3=C(C(=O)C[C@H](c4ccc(OC)c(OC)c4)C3)[C@@H]2c2ccc(O)cc2)cc1. The topological polar surface area (TPSA) is 106 Å². The van der Waals surface area contributed by atoms with E-state index in [1.165, 1.54) is 0 Å². The average molecular weight is 541 g/mol. The van der Waals surface area contributed by atoms with E-state index in [0.717, 1.165) is 16.8 Å². The normalized spacial score (nSPS) is 18.6. The van der Waals surface area contributed by atoms with Crippen molar-refractivity contribution in [2.75, 3.05) is 26.6 Å². The maximum absolute atomic E-state index is 13.9. The molecule has 0 unspecified atom stereocenters. The van der Waals surface area contributed by atoms with E-state index >= 15 is 0 Å². The Morgan fingerprint density at radius 2 is 1.55 bits per heavy atom. The summed E-state index contributed by atoms with van der Waals surface area (Å²) in [7, 11) is 4.76. The van der Waals surface area contributed by atoms with Gasteiger partial charge in [-0.15, -0.1) is 0 Å². The molecule has 1 aliphatic carbocycles. The number of ether oxygens (including phenoxy) is 3. The molecule has 2 atom stereocenters. The first kappa shape index (κ1) is 26.9. The number of methoxy groups -OCH3 is 3. The van der Waals surface area contributed by atoms with Crippen LogP contribution in [0.3, 0.4) is 0 Å². The number of benzene rings is 3. The van der Waals surface area contributed by atoms with E-state index in [2.05, 4.69) is 10.6 Å². The van der Waals surface area contributed by atoms with Crippen molar-refractivity contribution in [3.8, 4) is 23.0 Å². The van der Waals surface area contributed by atoms with Gasteiger partial charge in [0.05, 0.1) is 21.3 Å². The number of dihydropyridines is 1. The maximum atomic E-state index is 13.9. The minimum absolute atomic E-state index is 0.0335. The Bertz CT molecular complexity index is 1510. The second-order valence-electron chi connectivity index (χ2n) is 9.91. The molecule has 0 saturated heterocycles. The van der Waals surface area contributed by atoms with Crippen LogP contribution < -0.4 is 24.8 Å². The highest BCUT2D eigenvalue weighted by Crippen LogP contribution is 2.46. The highest BCUT2D eigenvalue weighted by molar-refractivity contribution is 6.10. The number of aromatic hydroxyl groups is 1. The predicted molar refractivity (Wildman–Crippen MR) is 152 cm³/mol. The Labute approximate surface area is 233 Å². The highest BCUT2D eigenvalue weighted by atomic mass is 16.5. The third kappa shape index (κ3) is 5.12. The van der Waals surface area contributed by atoms with Gasteiger partial charge in [0.2, 0.25) is 0 Å². The van der Waals surface area contributed by atoms with Gasteiger partial charge in [0.15, 0.2) is 17.3 Å². The lowest BCUT2D eigenvalue weighted by Crippen LogP contribution is -2.37. The number of phenols is 1. The third-order valence-corrected chi connectivity index (χ3v) is 7.53. The second-order valence-corrected chi connectivity index (χ2v) is 9.91. The Morgan fingerprint density at radius 3 is 2.20 bits per heavy atom. The number of carbonyl (C=O) groups excluding carboxylic acids is 2. The van der Waals surface area contributed by atoms with Gasteiger partial charge in [-0.3, -0.25) is 9.59 Å². The van der Waals surface area contributed by atoms with Gasteiger partial charge in [0.25, 0.3) is 5.91 Å². The molecule has 3 N–H and O–H groups in total. The fraction of sp³-hybridized carbons (Fsp3) is 0.250. The van der Waals surface area contributed by atoms with Gasteiger partial charge >= 0.3 is 0 Å². The van der Waals surface area contributed by atoms with E-state index in [4.69, 9.17) is 14.2 Å². The van der Waals surface area contributed by atoms with Crippen molar-refractivity contribution in [1.82, 2.24) is 5.32 Å². The lowest BCUT2D eigenvalue weighted by Gasteiger charge is -2.37. The molecule has 0 fully saturated rings. The van der Waals surface area contributed by atoms with Crippen LogP contribution in [0, 0.1) is 0 Å². The highest BCUT2D eigenvalue weighted by Gasteiger charge is 2.41. The smallest absolute Gasteiger partial charge is 0.254 e. The molecule has 2 aliphatic rings. The zero-order valence-corrected chi connectivity index (χ0v) is 22.9. The van der Waals surface area contributed by atoms with Crippen LogP contribution in [0.4, 0.5) is 5.69 Å². The summed E-state index contributed by atoms with van der Waals surface area (Å²) in [5, 5.41) is 16.3. The summed E-state index contributed by atoms with van der Waals surface area (Å²) in [6, 6.07) is 19.5. The molecule has 206 valence electrons. The fourth-order valence-electron chi connectivity index (χ4n) is 5.56. The molecule has 0 aromatic heterocycles. The summed E-state index contributed by atoms with van der Waals surface area (Å²) in [5.41, 5.74) is 4.84. The lowest BCUT2D eigenvalue weighted by atomic mass is 9.71. The Balaban J connectivity index is 1.52. The number of ketones is 1. The number of hydrogen-bond donors (Lipinski definition) is 3. The van der Waals surface area contributed by atoms with Crippen LogP contribution in [-0.4, -0.2) is 38.1 Å². The van der Waals surface area contributed by atoms with E-state index in [1.807, 2.05) is 25.1 Å². The maximum Gasteiger partial charge on any atom is 0.254 e. The van der Waals surface area contributed by atoms with Crippen molar-refractivity contribution in [2.24, 2.45) is 0 Å². The number of Topliss-reactive ketones (excluding diaryl/α,β-unsaturated/α-hetero) is 1. The van der Waals surface area contributed by atoms with Crippen molar-refractivity contribution in [3.63, 3.8) is 0 Å². The number of allylic oxidation sites excluding steroid dienone is 3. The summed E-state index contributed by atoms with van der Waals surface area (Å²) < 4.78 is 16.1. The summed E-state index contributed by atoms with van der Waals surface area (Å²) in [5.74, 6) is 1.03. The predicted octanol–water partition coefficient (Wildman–Crippen LogP) is 5.42. The minimum atomic E-state index is -0.589. The van der Waals surface area contributed by atoms with E-state index in [-0.39, 0.29) is 29.8 Å². The van der Waals surface area contributed by atoms with Gasteiger partial charge in [0, 0.05) is 40.6 Å². The largest absolute Gasteiger partial charge is 0.508 e. The van der Waals surface area contributed by atoms with Gasteiger partial charge in [-0.25, -0.2) is 0 Å². The van der Waals surface area contributed by atoms with Crippen LogP contribution in [0.5, 0.6) is 23.0 Å². The van der Waals surface area contributed by atoms with E-state index in [9.17, 15) is 14.7 Å². The number of carbonyl (C=O) groups is 2. The van der Waals surface area contributed by atoms with Gasteiger partial charge in [-0.05, 0) is 78.9 Å². The van der Waals surface area contributed by atoms with Crippen LogP contribution in [0.25, 0.3) is 0 Å². The van der Waals surface area contributed by atoms with Crippen molar-refractivity contribution in [1.29, 1.82) is 0 Å². The molecular formula is C32H32N2O6. The lowest BCUT2D eigenvalue weighted by molar-refractivity contribution is -0.116. The standard InChI is InChI=1S/C32H32N2O6/c1-18-29(32(37)34-22-8-12-24(38-2)13-9-22)30(19-5-10-23(35)11-6-19)31-25(33-18)15-21(16-26(31)36)20-7-14-27(39-3)28(17-20)40-4/h5-14,17,21,30,33,35H,15-16H2,1-4H3,(H,34,37)/t21-,30-/m1/s1. The molecule has 0 radical (unpaired) electrons. The third-order valence-electron chi connectivity index (χ3n) is 7.53. The molecule has 8 nitrogen and oxygen atoms in total. The van der Waals surface area contributed by atoms with Gasteiger partial charge < -0.3 is 30.0 Å². The summed E-state index contributed by atoms with van der Waals surface area (Å²) in [6.07, 6.45) is 0.882. The van der Waals surface area contributed by atoms with Crippen LogP contribution in [0.1, 0.15) is 42.7 Å². The molecule has 1 aliphatic heterocycles. The van der Waals surface area contributed by atoms with Crippen molar-refractivity contribution in [3.05, 3.63) is 100 Å². The first-order valence-electron chi connectivity index (χ1n) is 13.0. The molecule has 1 amide bonds. The Morgan fingerprint density at radius 1 is 0.875 bits per heavy atom. The van der Waals surface area contributed by atoms with E-state index in [0.29, 0.717) is 46.2 Å². The van der Waals surface area contributed by atoms with E-state index < -0.39 is 5.92 Å². The molecule has 3 aromatic rings. The quantitative estimate of drug-likeness (QED) is 0.368. The number of rotatable bonds is 7. The van der Waals surface area contributed by atoms with Crippen LogP contribution in [-0.2, 0) is 9.59 Å². The van der Waals surface area contributed by atoms with Gasteiger partial charge in [-0.1, -0.05) is 18.2 Å². The fourth-order valence-corrected chi connectivity index (χ4v) is 5.56. The van der Waals surface area contributed by atoms with Crippen LogP contribution in [0.2, 0.25) is 0 Å². The summed E-state index contributed by atoms with van der Waals surface area (Å²) in [6.45, 7) is 1.85. The van der Waals surface area contributed by atoms with Crippen molar-refractivity contribution < 1.29 is 28.9 Å². The monoisotopic (exact) mass is 540 g/mol. The second kappa shape index (κ2) is 11.2. The molecule has 40 heavy (non-hydrogen) atoms. The van der Waals surface area contributed by atoms with Crippen molar-refractivity contribution in [2.45, 2.75) is 31.6 Å². The molecule has 1 heterocycles. The number of amides is 1. The Kier molecular flexibility index (Phi) is 7.51. The molecular weight excluding hydrogens is 508 g/mol. The van der Waals surface area contributed by atoms with Crippen LogP contribution >= 0.6 is 0 Å². The van der Waals surface area contributed by atoms with Gasteiger partial charge in [0.1, 0.15) is 11.5 Å². The van der Waals surface area contributed by atoms with Crippen molar-refractivity contribution >= 4 is 17.4 Å². The Hall–Kier alpha value is -4.72. The molecule has 8 heteroatoms. The summed E-state index contributed by atoms with van der Waals surface area (Å²) >= 11 is 0. The van der Waals surface area contributed by atoms with Crippen LogP contribution in [0.15, 0.2) is 89.3 Å². The number of anilines is 1. The molecule has 0 bridgehead atoms. The van der Waals surface area contributed by atoms with E-state index in [1.54, 1.807) is 69.9 Å². The molecule has 0 saturated carbocycles. The average Bonchev–Trinajstić information content (AvgIpc) is 2.96. The first-order valence-corrected chi connectivity index (χ1v) is 13.0. The summed E-state index contributed by atoms with van der Waals surface area (Å²) in [4.78, 5) is 27.6. The number of phenolic OH excluding ortho intramolecular Hbond substituents is 1. The molecule has 3 aromatic carbocycles. The number of nitrogens with one attached hydrogen (secondary N) is 2.